The van der Waals surface area contributed by atoms with E-state index in [0.29, 0.717) is 17.8 Å². The highest BCUT2D eigenvalue weighted by atomic mass is 16.5. The van der Waals surface area contributed by atoms with Gasteiger partial charge in [0.15, 0.2) is 0 Å². The SMILES string of the molecule is [C-]#[N+]C(C#N)=C1C=C(C=Cc2ccc(N(c3ccccc3)c3ccccc3)cc2)OC(c2ccccc2)C1. The van der Waals surface area contributed by atoms with Crippen molar-refractivity contribution in [3.63, 3.8) is 0 Å². The summed E-state index contributed by atoms with van der Waals surface area (Å²) >= 11 is 0. The monoisotopic (exact) mass is 491 g/mol. The quantitative estimate of drug-likeness (QED) is 0.200. The van der Waals surface area contributed by atoms with Crippen LogP contribution in [0.3, 0.4) is 0 Å². The molecule has 0 bridgehead atoms. The second kappa shape index (κ2) is 11.6. The van der Waals surface area contributed by atoms with Crippen LogP contribution in [0.2, 0.25) is 0 Å². The van der Waals surface area contributed by atoms with E-state index < -0.39 is 0 Å². The van der Waals surface area contributed by atoms with E-state index in [1.54, 1.807) is 6.08 Å². The molecular weight excluding hydrogens is 466 g/mol. The predicted octanol–water partition coefficient (Wildman–Crippen LogP) is 8.91. The Kier molecular flexibility index (Phi) is 7.45. The van der Waals surface area contributed by atoms with E-state index in [0.717, 1.165) is 28.2 Å². The first-order valence-electron chi connectivity index (χ1n) is 12.4. The highest BCUT2D eigenvalue weighted by Gasteiger charge is 2.22. The minimum Gasteiger partial charge on any atom is -0.485 e. The van der Waals surface area contributed by atoms with Gasteiger partial charge in [-0.05, 0) is 65.3 Å². The van der Waals surface area contributed by atoms with E-state index in [1.165, 1.54) is 0 Å². The Labute approximate surface area is 223 Å². The molecule has 0 aromatic heterocycles. The van der Waals surface area contributed by atoms with Crippen LogP contribution in [0.1, 0.15) is 23.7 Å². The summed E-state index contributed by atoms with van der Waals surface area (Å²) in [4.78, 5) is 5.64. The lowest BCUT2D eigenvalue weighted by Gasteiger charge is -2.26. The maximum atomic E-state index is 9.45. The Hall–Kier alpha value is -5.32. The van der Waals surface area contributed by atoms with Crippen LogP contribution in [0, 0.1) is 17.9 Å². The molecule has 0 amide bonds. The standard InChI is InChI=1S/C34H25N3O/c1-36-33(25-35)28-23-32(38-34(24-28)27-11-5-2-6-12-27)22-19-26-17-20-31(21-18-26)37(29-13-7-3-8-14-29)30-15-9-4-10-16-30/h2-23,34H,24H2. The number of rotatable bonds is 6. The number of hydrogen-bond acceptors (Lipinski definition) is 3. The summed E-state index contributed by atoms with van der Waals surface area (Å²) in [5.74, 6) is 0.621. The number of benzene rings is 4. The molecule has 0 aliphatic carbocycles. The van der Waals surface area contributed by atoms with E-state index in [-0.39, 0.29) is 11.8 Å². The van der Waals surface area contributed by atoms with Crippen LogP contribution in [0.25, 0.3) is 10.9 Å². The van der Waals surface area contributed by atoms with Gasteiger partial charge in [-0.1, -0.05) is 84.9 Å². The van der Waals surface area contributed by atoms with Crippen molar-refractivity contribution in [1.29, 1.82) is 5.26 Å². The normalized spacial score (nSPS) is 16.1. The Morgan fingerprint density at radius 3 is 1.89 bits per heavy atom. The third kappa shape index (κ3) is 5.57. The maximum absolute atomic E-state index is 9.45. The summed E-state index contributed by atoms with van der Waals surface area (Å²) in [6, 6.07) is 40.8. The second-order valence-corrected chi connectivity index (χ2v) is 8.80. The van der Waals surface area contributed by atoms with Crippen LogP contribution in [-0.4, -0.2) is 0 Å². The predicted molar refractivity (Wildman–Crippen MR) is 152 cm³/mol. The molecule has 5 rings (SSSR count). The van der Waals surface area contributed by atoms with Crippen LogP contribution in [0.4, 0.5) is 17.1 Å². The molecular formula is C34H25N3O. The lowest BCUT2D eigenvalue weighted by molar-refractivity contribution is 0.118. The number of anilines is 3. The number of nitriles is 1. The van der Waals surface area contributed by atoms with Crippen molar-refractivity contribution in [1.82, 2.24) is 0 Å². The Morgan fingerprint density at radius 2 is 1.34 bits per heavy atom. The first kappa shape index (κ1) is 24.4. The van der Waals surface area contributed by atoms with Crippen molar-refractivity contribution >= 4 is 23.1 Å². The molecule has 4 heteroatoms. The van der Waals surface area contributed by atoms with Gasteiger partial charge in [0.1, 0.15) is 11.9 Å². The van der Waals surface area contributed by atoms with Gasteiger partial charge in [-0.3, -0.25) is 0 Å². The zero-order chi connectivity index (χ0) is 26.2. The van der Waals surface area contributed by atoms with Crippen molar-refractivity contribution in [2.45, 2.75) is 12.5 Å². The van der Waals surface area contributed by atoms with Gasteiger partial charge in [0.25, 0.3) is 5.70 Å². The summed E-state index contributed by atoms with van der Waals surface area (Å²) in [6.07, 6.45) is 5.91. The van der Waals surface area contributed by atoms with E-state index in [4.69, 9.17) is 11.3 Å². The summed E-state index contributed by atoms with van der Waals surface area (Å²) in [5.41, 5.74) is 6.04. The van der Waals surface area contributed by atoms with E-state index in [2.05, 4.69) is 58.3 Å². The molecule has 0 radical (unpaired) electrons. The molecule has 0 saturated carbocycles. The topological polar surface area (TPSA) is 40.6 Å². The minimum atomic E-state index is -0.256. The summed E-state index contributed by atoms with van der Waals surface area (Å²) in [7, 11) is 0. The van der Waals surface area contributed by atoms with E-state index in [1.807, 2.05) is 85.0 Å². The molecule has 4 nitrogen and oxygen atoms in total. The Morgan fingerprint density at radius 1 is 0.789 bits per heavy atom. The summed E-state index contributed by atoms with van der Waals surface area (Å²) < 4.78 is 6.26. The summed E-state index contributed by atoms with van der Waals surface area (Å²) in [5, 5.41) is 9.45. The molecule has 1 unspecified atom stereocenters. The largest absolute Gasteiger partial charge is 0.485 e. The molecule has 0 saturated heterocycles. The molecule has 38 heavy (non-hydrogen) atoms. The van der Waals surface area contributed by atoms with Gasteiger partial charge in [0, 0.05) is 23.5 Å². The van der Waals surface area contributed by atoms with Crippen LogP contribution in [0.5, 0.6) is 0 Å². The van der Waals surface area contributed by atoms with Crippen molar-refractivity contribution in [2.75, 3.05) is 4.90 Å². The average Bonchev–Trinajstić information content (AvgIpc) is 2.99. The number of hydrogen-bond donors (Lipinski definition) is 0. The minimum absolute atomic E-state index is 0.103. The Balaban J connectivity index is 1.42. The van der Waals surface area contributed by atoms with E-state index >= 15 is 0 Å². The fourth-order valence-electron chi connectivity index (χ4n) is 4.46. The van der Waals surface area contributed by atoms with Gasteiger partial charge in [-0.15, -0.1) is 0 Å². The molecule has 0 N–H and O–H groups in total. The molecule has 4 aromatic carbocycles. The van der Waals surface area contributed by atoms with Crippen molar-refractivity contribution in [3.8, 4) is 6.07 Å². The first-order valence-corrected chi connectivity index (χ1v) is 12.4. The van der Waals surface area contributed by atoms with Gasteiger partial charge >= 0.3 is 0 Å². The molecule has 0 spiro atoms. The molecule has 1 atom stereocenters. The van der Waals surface area contributed by atoms with Gasteiger partial charge in [0.2, 0.25) is 0 Å². The third-order valence-corrected chi connectivity index (χ3v) is 6.31. The first-order chi connectivity index (χ1) is 18.7. The van der Waals surface area contributed by atoms with Crippen molar-refractivity contribution < 1.29 is 4.74 Å². The van der Waals surface area contributed by atoms with Crippen molar-refractivity contribution in [2.24, 2.45) is 0 Å². The summed E-state index contributed by atoms with van der Waals surface area (Å²) in [6.45, 7) is 7.40. The lowest BCUT2D eigenvalue weighted by Crippen LogP contribution is -2.10. The average molecular weight is 492 g/mol. The third-order valence-electron chi connectivity index (χ3n) is 6.31. The number of para-hydroxylation sites is 2. The van der Waals surface area contributed by atoms with E-state index in [9.17, 15) is 5.26 Å². The number of ether oxygens (including phenoxy) is 1. The molecule has 182 valence electrons. The van der Waals surface area contributed by atoms with Crippen LogP contribution < -0.4 is 4.90 Å². The number of nitrogens with zero attached hydrogens (tertiary/aromatic N) is 3. The molecule has 1 heterocycles. The van der Waals surface area contributed by atoms with Gasteiger partial charge in [-0.25, -0.2) is 10.1 Å². The highest BCUT2D eigenvalue weighted by molar-refractivity contribution is 5.77. The van der Waals surface area contributed by atoms with Crippen LogP contribution in [0.15, 0.2) is 144 Å². The zero-order valence-electron chi connectivity index (χ0n) is 20.7. The van der Waals surface area contributed by atoms with Crippen LogP contribution in [-0.2, 0) is 4.74 Å². The Bertz CT molecular complexity index is 1500. The van der Waals surface area contributed by atoms with Crippen LogP contribution >= 0.6 is 0 Å². The highest BCUT2D eigenvalue weighted by Crippen LogP contribution is 2.36. The molecule has 4 aromatic rings. The zero-order valence-corrected chi connectivity index (χ0v) is 20.7. The van der Waals surface area contributed by atoms with Gasteiger partial charge < -0.3 is 9.64 Å². The number of allylic oxidation sites excluding steroid dienone is 3. The smallest absolute Gasteiger partial charge is 0.265 e. The second-order valence-electron chi connectivity index (χ2n) is 8.80. The van der Waals surface area contributed by atoms with Gasteiger partial charge in [0.05, 0.1) is 12.6 Å². The van der Waals surface area contributed by atoms with Gasteiger partial charge in [-0.2, -0.15) is 0 Å². The molecule has 1 aliphatic heterocycles. The van der Waals surface area contributed by atoms with Crippen molar-refractivity contribution in [3.05, 3.63) is 167 Å². The molecule has 0 fully saturated rings. The fourth-order valence-corrected chi connectivity index (χ4v) is 4.46. The molecule has 1 aliphatic rings. The fraction of sp³-hybridized carbons (Fsp3) is 0.0588. The lowest BCUT2D eigenvalue weighted by atomic mass is 9.97. The maximum Gasteiger partial charge on any atom is 0.265 e.